The largest absolute Gasteiger partial charge is 0.294 e. The summed E-state index contributed by atoms with van der Waals surface area (Å²) >= 11 is 0. The first-order valence-electron chi connectivity index (χ1n) is 6.05. The van der Waals surface area contributed by atoms with Crippen molar-refractivity contribution in [3.05, 3.63) is 34.9 Å². The third-order valence-corrected chi connectivity index (χ3v) is 3.31. The molecule has 16 heavy (non-hydrogen) atoms. The lowest BCUT2D eigenvalue weighted by Crippen LogP contribution is -2.13. The number of carbonyl (C=O) groups is 1. The quantitative estimate of drug-likeness (QED) is 0.685. The molecule has 0 unspecified atom stereocenters. The molecule has 0 aromatic heterocycles. The zero-order chi connectivity index (χ0) is 11.9. The molecule has 2 rings (SSSR count). The Bertz CT molecular complexity index is 420. The topological polar surface area (TPSA) is 17.1 Å². The van der Waals surface area contributed by atoms with Gasteiger partial charge in [-0.1, -0.05) is 39.0 Å². The van der Waals surface area contributed by atoms with E-state index in [1.165, 1.54) is 5.56 Å². The number of rotatable bonds is 2. The number of benzene rings is 1. The average Bonchev–Trinajstić information content (AvgIpc) is 2.98. The van der Waals surface area contributed by atoms with Crippen LogP contribution in [0.5, 0.6) is 0 Å². The van der Waals surface area contributed by atoms with Crippen LogP contribution in [0.25, 0.3) is 0 Å². The van der Waals surface area contributed by atoms with E-state index in [1.807, 2.05) is 13.0 Å². The van der Waals surface area contributed by atoms with E-state index in [0.29, 0.717) is 11.7 Å². The second-order valence-corrected chi connectivity index (χ2v) is 5.92. The minimum atomic E-state index is 0.159. The number of hydrogen-bond donors (Lipinski definition) is 0. The Morgan fingerprint density at radius 3 is 2.31 bits per heavy atom. The van der Waals surface area contributed by atoms with Crippen molar-refractivity contribution in [3.8, 4) is 0 Å². The summed E-state index contributed by atoms with van der Waals surface area (Å²) in [7, 11) is 0. The van der Waals surface area contributed by atoms with E-state index in [0.717, 1.165) is 24.0 Å². The Morgan fingerprint density at radius 2 is 1.88 bits per heavy atom. The predicted molar refractivity (Wildman–Crippen MR) is 66.9 cm³/mol. The van der Waals surface area contributed by atoms with E-state index in [9.17, 15) is 4.79 Å². The SMILES string of the molecule is Cc1cc(C(C)(C)C)ccc1C(=O)C1CC1. The molecule has 1 aliphatic carbocycles. The van der Waals surface area contributed by atoms with Crippen molar-refractivity contribution in [2.75, 3.05) is 0 Å². The summed E-state index contributed by atoms with van der Waals surface area (Å²) in [6.45, 7) is 8.64. The van der Waals surface area contributed by atoms with Gasteiger partial charge < -0.3 is 0 Å². The van der Waals surface area contributed by atoms with Crippen molar-refractivity contribution in [1.82, 2.24) is 0 Å². The Hall–Kier alpha value is -1.11. The minimum absolute atomic E-state index is 0.159. The van der Waals surface area contributed by atoms with Gasteiger partial charge in [0.15, 0.2) is 5.78 Å². The number of aryl methyl sites for hydroxylation is 1. The third kappa shape index (κ3) is 2.18. The molecule has 0 bridgehead atoms. The lowest BCUT2D eigenvalue weighted by molar-refractivity contribution is 0.0967. The highest BCUT2D eigenvalue weighted by molar-refractivity contribution is 6.00. The van der Waals surface area contributed by atoms with E-state index < -0.39 is 0 Å². The first-order valence-corrected chi connectivity index (χ1v) is 6.05. The Morgan fingerprint density at radius 1 is 1.25 bits per heavy atom. The Kier molecular flexibility index (Phi) is 2.65. The number of carbonyl (C=O) groups excluding carboxylic acids is 1. The summed E-state index contributed by atoms with van der Waals surface area (Å²) in [5.74, 6) is 0.664. The van der Waals surface area contributed by atoms with Crippen LogP contribution in [-0.2, 0) is 5.41 Å². The van der Waals surface area contributed by atoms with Gasteiger partial charge in [0.1, 0.15) is 0 Å². The Balaban J connectivity index is 2.33. The van der Waals surface area contributed by atoms with Crippen LogP contribution in [0.15, 0.2) is 18.2 Å². The van der Waals surface area contributed by atoms with Gasteiger partial charge in [-0.15, -0.1) is 0 Å². The van der Waals surface area contributed by atoms with Crippen LogP contribution in [0, 0.1) is 12.8 Å². The van der Waals surface area contributed by atoms with Crippen LogP contribution in [0.4, 0.5) is 0 Å². The van der Waals surface area contributed by atoms with Crippen LogP contribution < -0.4 is 0 Å². The molecule has 1 fully saturated rings. The summed E-state index contributed by atoms with van der Waals surface area (Å²) in [5, 5.41) is 0. The van der Waals surface area contributed by atoms with Gasteiger partial charge >= 0.3 is 0 Å². The summed E-state index contributed by atoms with van der Waals surface area (Å²) < 4.78 is 0. The molecule has 0 N–H and O–H groups in total. The van der Waals surface area contributed by atoms with Gasteiger partial charge in [0, 0.05) is 11.5 Å². The molecule has 1 aliphatic rings. The van der Waals surface area contributed by atoms with Crippen molar-refractivity contribution in [1.29, 1.82) is 0 Å². The monoisotopic (exact) mass is 216 g/mol. The second kappa shape index (κ2) is 3.73. The van der Waals surface area contributed by atoms with Crippen LogP contribution in [0.2, 0.25) is 0 Å². The number of Topliss-reactive ketones (excluding diaryl/α,β-unsaturated/α-hetero) is 1. The smallest absolute Gasteiger partial charge is 0.166 e. The molecule has 1 nitrogen and oxygen atoms in total. The molecule has 1 saturated carbocycles. The van der Waals surface area contributed by atoms with Crippen molar-refractivity contribution in [2.24, 2.45) is 5.92 Å². The van der Waals surface area contributed by atoms with Crippen molar-refractivity contribution in [3.63, 3.8) is 0 Å². The van der Waals surface area contributed by atoms with Crippen LogP contribution in [0.1, 0.15) is 55.1 Å². The van der Waals surface area contributed by atoms with Gasteiger partial charge in [0.05, 0.1) is 0 Å². The van der Waals surface area contributed by atoms with Crippen LogP contribution >= 0.6 is 0 Å². The minimum Gasteiger partial charge on any atom is -0.294 e. The standard InChI is InChI=1S/C15H20O/c1-10-9-12(15(2,3)4)7-8-13(10)14(16)11-5-6-11/h7-9,11H,5-6H2,1-4H3. The zero-order valence-electron chi connectivity index (χ0n) is 10.6. The first kappa shape index (κ1) is 11.4. The second-order valence-electron chi connectivity index (χ2n) is 5.92. The molecule has 0 heterocycles. The fourth-order valence-corrected chi connectivity index (χ4v) is 1.97. The molecule has 0 aliphatic heterocycles. The molecule has 1 aromatic carbocycles. The van der Waals surface area contributed by atoms with Crippen LogP contribution in [0.3, 0.4) is 0 Å². The maximum atomic E-state index is 12.0. The highest BCUT2D eigenvalue weighted by Gasteiger charge is 2.31. The van der Waals surface area contributed by atoms with Gasteiger partial charge in [-0.25, -0.2) is 0 Å². The Labute approximate surface area is 97.9 Å². The van der Waals surface area contributed by atoms with Gasteiger partial charge in [0.2, 0.25) is 0 Å². The maximum Gasteiger partial charge on any atom is 0.166 e. The third-order valence-electron chi connectivity index (χ3n) is 3.31. The van der Waals surface area contributed by atoms with Gasteiger partial charge in [0.25, 0.3) is 0 Å². The average molecular weight is 216 g/mol. The maximum absolute atomic E-state index is 12.0. The number of ketones is 1. The number of hydrogen-bond acceptors (Lipinski definition) is 1. The van der Waals surface area contributed by atoms with Crippen molar-refractivity contribution < 1.29 is 4.79 Å². The molecular formula is C15H20O. The highest BCUT2D eigenvalue weighted by Crippen LogP contribution is 2.34. The molecule has 86 valence electrons. The predicted octanol–water partition coefficient (Wildman–Crippen LogP) is 3.89. The van der Waals surface area contributed by atoms with E-state index in [2.05, 4.69) is 32.9 Å². The van der Waals surface area contributed by atoms with Gasteiger partial charge in [-0.2, -0.15) is 0 Å². The van der Waals surface area contributed by atoms with E-state index >= 15 is 0 Å². The van der Waals surface area contributed by atoms with Crippen LogP contribution in [-0.4, -0.2) is 5.78 Å². The van der Waals surface area contributed by atoms with E-state index in [-0.39, 0.29) is 5.41 Å². The molecule has 1 aromatic rings. The van der Waals surface area contributed by atoms with Gasteiger partial charge in [-0.3, -0.25) is 4.79 Å². The lowest BCUT2D eigenvalue weighted by Gasteiger charge is -2.20. The molecule has 0 saturated heterocycles. The lowest BCUT2D eigenvalue weighted by atomic mass is 9.85. The highest BCUT2D eigenvalue weighted by atomic mass is 16.1. The molecule has 0 radical (unpaired) electrons. The van der Waals surface area contributed by atoms with E-state index in [4.69, 9.17) is 0 Å². The molecule has 0 spiro atoms. The van der Waals surface area contributed by atoms with Crippen molar-refractivity contribution >= 4 is 5.78 Å². The molecule has 1 heteroatoms. The van der Waals surface area contributed by atoms with Crippen molar-refractivity contribution in [2.45, 2.75) is 46.0 Å². The normalized spacial score (nSPS) is 16.2. The molecule has 0 amide bonds. The zero-order valence-corrected chi connectivity index (χ0v) is 10.6. The summed E-state index contributed by atoms with van der Waals surface area (Å²) in [5.41, 5.74) is 3.52. The van der Waals surface area contributed by atoms with E-state index in [1.54, 1.807) is 0 Å². The molecule has 0 atom stereocenters. The fourth-order valence-electron chi connectivity index (χ4n) is 1.97. The first-order chi connectivity index (χ1) is 7.39. The van der Waals surface area contributed by atoms with Gasteiger partial charge in [-0.05, 0) is 36.3 Å². The summed E-state index contributed by atoms with van der Waals surface area (Å²) in [6.07, 6.45) is 2.17. The fraction of sp³-hybridized carbons (Fsp3) is 0.533. The summed E-state index contributed by atoms with van der Waals surface area (Å²) in [4.78, 5) is 12.0. The summed E-state index contributed by atoms with van der Waals surface area (Å²) in [6, 6.07) is 6.27. The molecular weight excluding hydrogens is 196 g/mol.